The summed E-state index contributed by atoms with van der Waals surface area (Å²) in [5, 5.41) is 3.04. The lowest BCUT2D eigenvalue weighted by Crippen LogP contribution is -2.33. The number of nitrogens with zero attached hydrogens (tertiary/aromatic N) is 2. The van der Waals surface area contributed by atoms with Crippen molar-refractivity contribution < 1.29 is 9.59 Å². The van der Waals surface area contributed by atoms with E-state index in [1.807, 2.05) is 63.2 Å². The highest BCUT2D eigenvalue weighted by atomic mass is 32.2. The van der Waals surface area contributed by atoms with E-state index in [2.05, 4.69) is 16.9 Å². The second kappa shape index (κ2) is 9.09. The fraction of sp³-hybridized carbons (Fsp3) is 0.261. The van der Waals surface area contributed by atoms with Crippen molar-refractivity contribution in [2.45, 2.75) is 32.4 Å². The van der Waals surface area contributed by atoms with Gasteiger partial charge in [-0.3, -0.25) is 14.5 Å². The number of hydrogen-bond acceptors (Lipinski definition) is 4. The van der Waals surface area contributed by atoms with Gasteiger partial charge in [-0.1, -0.05) is 42.1 Å². The molecule has 0 spiro atoms. The molecule has 2 aromatic rings. The summed E-state index contributed by atoms with van der Waals surface area (Å²) in [5.41, 5.74) is 4.73. The molecule has 150 valence electrons. The van der Waals surface area contributed by atoms with E-state index in [0.29, 0.717) is 11.7 Å². The summed E-state index contributed by atoms with van der Waals surface area (Å²) in [6.07, 6.45) is 1.76. The molecule has 1 aliphatic rings. The molecular formula is C23H25N3O2S. The molecule has 1 aliphatic heterocycles. The number of anilines is 1. The average molecular weight is 408 g/mol. The smallest absolute Gasteiger partial charge is 0.242 e. The standard InChI is InChI=1S/C23H25N3O2S/c1-5-11-26-22(28)20(29-23(26)24-18-8-6-7-15(2)12-18)14-21(27)25-19-13-16(3)9-10-17(19)4/h5-10,12-13,20H,1,11,14H2,2-4H3,(H,25,27)/t20-/m0/s1. The molecule has 0 aromatic heterocycles. The molecule has 0 saturated carbocycles. The van der Waals surface area contributed by atoms with Crippen molar-refractivity contribution in [1.29, 1.82) is 0 Å². The second-order valence-electron chi connectivity index (χ2n) is 7.15. The minimum absolute atomic E-state index is 0.0946. The number of benzene rings is 2. The predicted molar refractivity (Wildman–Crippen MR) is 121 cm³/mol. The van der Waals surface area contributed by atoms with Gasteiger partial charge in [-0.2, -0.15) is 0 Å². The van der Waals surface area contributed by atoms with Gasteiger partial charge in [0.1, 0.15) is 5.25 Å². The molecule has 1 fully saturated rings. The molecule has 1 saturated heterocycles. The van der Waals surface area contributed by atoms with Crippen molar-refractivity contribution in [1.82, 2.24) is 4.90 Å². The Kier molecular flexibility index (Phi) is 6.54. The largest absolute Gasteiger partial charge is 0.326 e. The van der Waals surface area contributed by atoms with Gasteiger partial charge in [0, 0.05) is 18.7 Å². The minimum Gasteiger partial charge on any atom is -0.326 e. The molecule has 1 atom stereocenters. The van der Waals surface area contributed by atoms with Gasteiger partial charge >= 0.3 is 0 Å². The SMILES string of the molecule is C=CCN1C(=O)[C@H](CC(=O)Nc2cc(C)ccc2C)SC1=Nc1cccc(C)c1. The number of hydrogen-bond donors (Lipinski definition) is 1. The number of carbonyl (C=O) groups excluding carboxylic acids is 2. The van der Waals surface area contributed by atoms with Gasteiger partial charge < -0.3 is 5.32 Å². The van der Waals surface area contributed by atoms with Gasteiger partial charge in [0.15, 0.2) is 5.17 Å². The summed E-state index contributed by atoms with van der Waals surface area (Å²) in [7, 11) is 0. The minimum atomic E-state index is -0.497. The zero-order valence-corrected chi connectivity index (χ0v) is 17.8. The third-order valence-electron chi connectivity index (χ3n) is 4.60. The van der Waals surface area contributed by atoms with E-state index in [9.17, 15) is 9.59 Å². The van der Waals surface area contributed by atoms with Gasteiger partial charge in [-0.05, 0) is 55.7 Å². The fourth-order valence-electron chi connectivity index (χ4n) is 3.07. The fourth-order valence-corrected chi connectivity index (χ4v) is 4.24. The van der Waals surface area contributed by atoms with E-state index in [1.54, 1.807) is 11.0 Å². The van der Waals surface area contributed by atoms with Crippen LogP contribution in [0.25, 0.3) is 0 Å². The Labute approximate surface area is 175 Å². The summed E-state index contributed by atoms with van der Waals surface area (Å²) >= 11 is 1.33. The predicted octanol–water partition coefficient (Wildman–Crippen LogP) is 4.76. The van der Waals surface area contributed by atoms with Crippen molar-refractivity contribution in [2.75, 3.05) is 11.9 Å². The lowest BCUT2D eigenvalue weighted by molar-refractivity contribution is -0.127. The van der Waals surface area contributed by atoms with Crippen LogP contribution >= 0.6 is 11.8 Å². The zero-order valence-electron chi connectivity index (χ0n) is 16.9. The van der Waals surface area contributed by atoms with Gasteiger partial charge in [0.2, 0.25) is 11.8 Å². The van der Waals surface area contributed by atoms with Gasteiger partial charge in [-0.25, -0.2) is 4.99 Å². The molecule has 29 heavy (non-hydrogen) atoms. The Morgan fingerprint density at radius 3 is 2.69 bits per heavy atom. The Hall–Kier alpha value is -2.86. The van der Waals surface area contributed by atoms with E-state index in [1.165, 1.54) is 11.8 Å². The van der Waals surface area contributed by atoms with Crippen molar-refractivity contribution in [3.63, 3.8) is 0 Å². The maximum atomic E-state index is 12.9. The van der Waals surface area contributed by atoms with Gasteiger partial charge in [0.25, 0.3) is 0 Å². The van der Waals surface area contributed by atoms with E-state index in [4.69, 9.17) is 0 Å². The van der Waals surface area contributed by atoms with Crippen molar-refractivity contribution in [2.24, 2.45) is 4.99 Å². The van der Waals surface area contributed by atoms with Gasteiger partial charge in [-0.15, -0.1) is 6.58 Å². The molecule has 2 amide bonds. The van der Waals surface area contributed by atoms with Crippen LogP contribution < -0.4 is 5.32 Å². The molecule has 0 unspecified atom stereocenters. The number of aryl methyl sites for hydroxylation is 3. The average Bonchev–Trinajstić information content (AvgIpc) is 2.94. The van der Waals surface area contributed by atoms with Crippen molar-refractivity contribution in [3.05, 3.63) is 71.8 Å². The highest BCUT2D eigenvalue weighted by molar-refractivity contribution is 8.15. The van der Waals surface area contributed by atoms with Crippen LogP contribution in [0.2, 0.25) is 0 Å². The van der Waals surface area contributed by atoms with Gasteiger partial charge in [0.05, 0.1) is 5.69 Å². The second-order valence-corrected chi connectivity index (χ2v) is 8.32. The van der Waals surface area contributed by atoms with Crippen LogP contribution in [0.4, 0.5) is 11.4 Å². The Balaban J connectivity index is 1.76. The lowest BCUT2D eigenvalue weighted by atomic mass is 10.1. The first-order valence-corrected chi connectivity index (χ1v) is 10.4. The number of amidine groups is 1. The normalized spacial score (nSPS) is 17.6. The highest BCUT2D eigenvalue weighted by Crippen LogP contribution is 2.32. The number of amides is 2. The Morgan fingerprint density at radius 2 is 1.97 bits per heavy atom. The molecule has 5 nitrogen and oxygen atoms in total. The molecule has 3 rings (SSSR count). The summed E-state index contributed by atoms with van der Waals surface area (Å²) in [6.45, 7) is 10.0. The molecule has 0 aliphatic carbocycles. The van der Waals surface area contributed by atoms with Crippen LogP contribution in [0.5, 0.6) is 0 Å². The maximum absolute atomic E-state index is 12.9. The monoisotopic (exact) mass is 407 g/mol. The topological polar surface area (TPSA) is 61.8 Å². The molecular weight excluding hydrogens is 382 g/mol. The van der Waals surface area contributed by atoms with Crippen LogP contribution in [0, 0.1) is 20.8 Å². The Bertz CT molecular complexity index is 984. The van der Waals surface area contributed by atoms with Crippen molar-refractivity contribution in [3.8, 4) is 0 Å². The van der Waals surface area contributed by atoms with E-state index in [0.717, 1.165) is 28.1 Å². The molecule has 1 heterocycles. The number of nitrogens with one attached hydrogen (secondary N) is 1. The van der Waals surface area contributed by atoms with E-state index >= 15 is 0 Å². The van der Waals surface area contributed by atoms with Crippen molar-refractivity contribution >= 4 is 40.1 Å². The van der Waals surface area contributed by atoms with Crippen LogP contribution in [0.1, 0.15) is 23.1 Å². The van der Waals surface area contributed by atoms with Crippen LogP contribution in [0.3, 0.4) is 0 Å². The van der Waals surface area contributed by atoms with E-state index < -0.39 is 5.25 Å². The van der Waals surface area contributed by atoms with Crippen LogP contribution in [0.15, 0.2) is 60.1 Å². The number of thioether (sulfide) groups is 1. The summed E-state index contributed by atoms with van der Waals surface area (Å²) < 4.78 is 0. The molecule has 1 N–H and O–H groups in total. The quantitative estimate of drug-likeness (QED) is 0.703. The van der Waals surface area contributed by atoms with Crippen LogP contribution in [-0.2, 0) is 9.59 Å². The molecule has 0 radical (unpaired) electrons. The first-order chi connectivity index (χ1) is 13.9. The third kappa shape index (κ3) is 5.15. The number of rotatable bonds is 6. The van der Waals surface area contributed by atoms with E-state index in [-0.39, 0.29) is 18.2 Å². The molecule has 0 bridgehead atoms. The first-order valence-electron chi connectivity index (χ1n) is 9.49. The number of carbonyl (C=O) groups is 2. The third-order valence-corrected chi connectivity index (χ3v) is 5.77. The highest BCUT2D eigenvalue weighted by Gasteiger charge is 2.38. The molecule has 6 heteroatoms. The summed E-state index contributed by atoms with van der Waals surface area (Å²) in [6, 6.07) is 13.7. The lowest BCUT2D eigenvalue weighted by Gasteiger charge is -2.14. The summed E-state index contributed by atoms with van der Waals surface area (Å²) in [5.74, 6) is -0.294. The summed E-state index contributed by atoms with van der Waals surface area (Å²) in [4.78, 5) is 31.7. The Morgan fingerprint density at radius 1 is 1.21 bits per heavy atom. The van der Waals surface area contributed by atoms with Crippen LogP contribution in [-0.4, -0.2) is 33.7 Å². The zero-order chi connectivity index (χ0) is 21.0. The maximum Gasteiger partial charge on any atom is 0.242 e. The number of aliphatic imine (C=N–C) groups is 1. The first kappa shape index (κ1) is 20.9. The molecule has 2 aromatic carbocycles.